The number of H-pyrrole nitrogens is 1. The number of imidazole rings is 1. The molecule has 2 N–H and O–H groups in total. The first-order chi connectivity index (χ1) is 8.56. The van der Waals surface area contributed by atoms with Crippen LogP contribution in [0.5, 0.6) is 0 Å². The van der Waals surface area contributed by atoms with Gasteiger partial charge in [0.25, 0.3) is 5.56 Å². The number of aryl methyl sites for hydroxylation is 1. The number of rotatable bonds is 4. The predicted octanol–water partition coefficient (Wildman–Crippen LogP) is -0.565. The molecule has 0 atom stereocenters. The highest BCUT2D eigenvalue weighted by Crippen LogP contribution is 2.16. The molecule has 0 bridgehead atoms. The van der Waals surface area contributed by atoms with Crippen LogP contribution in [0.4, 0.5) is 0 Å². The average molecular weight is 270 g/mol. The SMILES string of the molecule is Cn1c(=O)c2[nH]c(SCCCO)nc2n(C)c1=O. The van der Waals surface area contributed by atoms with Gasteiger partial charge in [-0.1, -0.05) is 11.8 Å². The number of hydrogen-bond acceptors (Lipinski definition) is 5. The molecular formula is C10H14N4O3S. The Morgan fingerprint density at radius 2 is 2.06 bits per heavy atom. The number of nitrogens with zero attached hydrogens (tertiary/aromatic N) is 3. The highest BCUT2D eigenvalue weighted by molar-refractivity contribution is 7.99. The van der Waals surface area contributed by atoms with Crippen molar-refractivity contribution in [3.05, 3.63) is 20.8 Å². The second-order valence-corrected chi connectivity index (χ2v) is 4.96. The number of aromatic amines is 1. The van der Waals surface area contributed by atoms with Crippen molar-refractivity contribution in [3.63, 3.8) is 0 Å². The third-order valence-corrected chi connectivity index (χ3v) is 3.57. The molecule has 98 valence electrons. The zero-order valence-corrected chi connectivity index (χ0v) is 11.0. The quantitative estimate of drug-likeness (QED) is 0.573. The van der Waals surface area contributed by atoms with Crippen LogP contribution in [0.3, 0.4) is 0 Å². The average Bonchev–Trinajstić information content (AvgIpc) is 2.78. The second-order valence-electron chi connectivity index (χ2n) is 3.87. The zero-order chi connectivity index (χ0) is 13.3. The van der Waals surface area contributed by atoms with Gasteiger partial charge >= 0.3 is 5.69 Å². The molecule has 18 heavy (non-hydrogen) atoms. The molecule has 0 spiro atoms. The maximum absolute atomic E-state index is 11.9. The highest BCUT2D eigenvalue weighted by Gasteiger charge is 2.13. The molecule has 0 amide bonds. The molecule has 2 heterocycles. The number of thioether (sulfide) groups is 1. The molecule has 8 heteroatoms. The minimum Gasteiger partial charge on any atom is -0.396 e. The van der Waals surface area contributed by atoms with E-state index in [1.54, 1.807) is 7.05 Å². The van der Waals surface area contributed by atoms with Crippen molar-refractivity contribution in [1.82, 2.24) is 19.1 Å². The van der Waals surface area contributed by atoms with Gasteiger partial charge in [-0.3, -0.25) is 13.9 Å². The number of aromatic nitrogens is 4. The summed E-state index contributed by atoms with van der Waals surface area (Å²) in [6.07, 6.45) is 0.651. The van der Waals surface area contributed by atoms with Gasteiger partial charge in [-0.05, 0) is 6.42 Å². The van der Waals surface area contributed by atoms with Crippen molar-refractivity contribution < 1.29 is 5.11 Å². The van der Waals surface area contributed by atoms with E-state index >= 15 is 0 Å². The Morgan fingerprint density at radius 1 is 1.33 bits per heavy atom. The highest BCUT2D eigenvalue weighted by atomic mass is 32.2. The molecule has 0 aliphatic heterocycles. The topological polar surface area (TPSA) is 92.9 Å². The van der Waals surface area contributed by atoms with Crippen LogP contribution in [0.1, 0.15) is 6.42 Å². The van der Waals surface area contributed by atoms with Gasteiger partial charge < -0.3 is 10.1 Å². The van der Waals surface area contributed by atoms with Gasteiger partial charge in [0.1, 0.15) is 0 Å². The van der Waals surface area contributed by atoms with E-state index in [9.17, 15) is 9.59 Å². The monoisotopic (exact) mass is 270 g/mol. The first-order valence-electron chi connectivity index (χ1n) is 5.45. The molecule has 0 unspecified atom stereocenters. The minimum atomic E-state index is -0.397. The van der Waals surface area contributed by atoms with Crippen LogP contribution in [0.25, 0.3) is 11.2 Å². The summed E-state index contributed by atoms with van der Waals surface area (Å²) in [6, 6.07) is 0. The summed E-state index contributed by atoms with van der Waals surface area (Å²) < 4.78 is 2.38. The van der Waals surface area contributed by atoms with E-state index in [4.69, 9.17) is 5.11 Å². The van der Waals surface area contributed by atoms with Gasteiger partial charge in [0, 0.05) is 26.5 Å². The molecular weight excluding hydrogens is 256 g/mol. The van der Waals surface area contributed by atoms with Crippen LogP contribution in [-0.4, -0.2) is 36.6 Å². The molecule has 0 saturated carbocycles. The molecule has 0 fully saturated rings. The lowest BCUT2D eigenvalue weighted by Gasteiger charge is -2.00. The van der Waals surface area contributed by atoms with Gasteiger partial charge in [0.2, 0.25) is 0 Å². The lowest BCUT2D eigenvalue weighted by atomic mass is 10.5. The molecule has 2 aromatic heterocycles. The second kappa shape index (κ2) is 4.99. The van der Waals surface area contributed by atoms with Crippen LogP contribution >= 0.6 is 11.8 Å². The fraction of sp³-hybridized carbons (Fsp3) is 0.500. The molecule has 0 radical (unpaired) electrons. The molecule has 0 aliphatic rings. The summed E-state index contributed by atoms with van der Waals surface area (Å²) in [7, 11) is 3.01. The van der Waals surface area contributed by atoms with Crippen LogP contribution < -0.4 is 11.2 Å². The predicted molar refractivity (Wildman–Crippen MR) is 69.0 cm³/mol. The fourth-order valence-corrected chi connectivity index (χ4v) is 2.40. The molecule has 0 saturated heterocycles. The van der Waals surface area contributed by atoms with E-state index < -0.39 is 5.69 Å². The van der Waals surface area contributed by atoms with Crippen molar-refractivity contribution >= 4 is 22.9 Å². The van der Waals surface area contributed by atoms with E-state index in [0.29, 0.717) is 28.5 Å². The standard InChI is InChI=1S/C10H14N4O3S/c1-13-7-6(8(16)14(2)10(13)17)11-9(12-7)18-5-3-4-15/h15H,3-5H2,1-2H3,(H,11,12). The summed E-state index contributed by atoms with van der Waals surface area (Å²) in [5.41, 5.74) is -0.0961. The summed E-state index contributed by atoms with van der Waals surface area (Å²) in [5.74, 6) is 0.699. The summed E-state index contributed by atoms with van der Waals surface area (Å²) >= 11 is 1.41. The molecule has 0 aliphatic carbocycles. The zero-order valence-electron chi connectivity index (χ0n) is 10.1. The lowest BCUT2D eigenvalue weighted by Crippen LogP contribution is -2.36. The van der Waals surface area contributed by atoms with E-state index in [-0.39, 0.29) is 12.2 Å². The van der Waals surface area contributed by atoms with Gasteiger partial charge in [0.05, 0.1) is 0 Å². The summed E-state index contributed by atoms with van der Waals surface area (Å²) in [6.45, 7) is 0.119. The number of aliphatic hydroxyl groups is 1. The van der Waals surface area contributed by atoms with Crippen LogP contribution in [0.15, 0.2) is 14.7 Å². The third-order valence-electron chi connectivity index (χ3n) is 2.61. The van der Waals surface area contributed by atoms with Crippen molar-refractivity contribution in [2.24, 2.45) is 14.1 Å². The van der Waals surface area contributed by atoms with Crippen molar-refractivity contribution in [2.75, 3.05) is 12.4 Å². The minimum absolute atomic E-state index is 0.119. The van der Waals surface area contributed by atoms with Gasteiger partial charge in [-0.2, -0.15) is 0 Å². The van der Waals surface area contributed by atoms with E-state index in [1.807, 2.05) is 0 Å². The molecule has 2 aromatic rings. The Bertz CT molecular complexity index is 685. The normalized spacial score (nSPS) is 11.3. The largest absolute Gasteiger partial charge is 0.396 e. The number of hydrogen-bond donors (Lipinski definition) is 2. The van der Waals surface area contributed by atoms with Gasteiger partial charge in [0.15, 0.2) is 16.3 Å². The molecule has 0 aromatic carbocycles. The van der Waals surface area contributed by atoms with Crippen LogP contribution in [0.2, 0.25) is 0 Å². The first kappa shape index (κ1) is 12.9. The number of nitrogens with one attached hydrogen (secondary N) is 1. The van der Waals surface area contributed by atoms with Gasteiger partial charge in [-0.15, -0.1) is 0 Å². The number of aliphatic hydroxyl groups excluding tert-OH is 1. The molecule has 7 nitrogen and oxygen atoms in total. The Balaban J connectivity index is 2.51. The maximum Gasteiger partial charge on any atom is 0.332 e. The first-order valence-corrected chi connectivity index (χ1v) is 6.44. The molecule has 2 rings (SSSR count). The Labute approximate surface area is 106 Å². The van der Waals surface area contributed by atoms with Crippen molar-refractivity contribution in [1.29, 1.82) is 0 Å². The Morgan fingerprint density at radius 3 is 2.72 bits per heavy atom. The van der Waals surface area contributed by atoms with Crippen LogP contribution in [0, 0.1) is 0 Å². The van der Waals surface area contributed by atoms with E-state index in [1.165, 1.54) is 23.4 Å². The Kier molecular flexibility index (Phi) is 3.58. The fourth-order valence-electron chi connectivity index (χ4n) is 1.61. The van der Waals surface area contributed by atoms with E-state index in [2.05, 4.69) is 9.97 Å². The lowest BCUT2D eigenvalue weighted by molar-refractivity contribution is 0.296. The maximum atomic E-state index is 11.9. The van der Waals surface area contributed by atoms with Crippen molar-refractivity contribution in [3.8, 4) is 0 Å². The summed E-state index contributed by atoms with van der Waals surface area (Å²) in [5, 5.41) is 9.28. The van der Waals surface area contributed by atoms with E-state index in [0.717, 1.165) is 4.57 Å². The third kappa shape index (κ3) is 2.08. The Hall–Kier alpha value is -1.54. The summed E-state index contributed by atoms with van der Waals surface area (Å²) in [4.78, 5) is 30.7. The van der Waals surface area contributed by atoms with Crippen LogP contribution in [-0.2, 0) is 14.1 Å². The van der Waals surface area contributed by atoms with Gasteiger partial charge in [-0.25, -0.2) is 9.78 Å². The van der Waals surface area contributed by atoms with Crippen molar-refractivity contribution in [2.45, 2.75) is 11.6 Å². The smallest absolute Gasteiger partial charge is 0.332 e. The number of fused-ring (bicyclic) bond motifs is 1.